The van der Waals surface area contributed by atoms with E-state index >= 15 is 0 Å². The van der Waals surface area contributed by atoms with E-state index in [2.05, 4.69) is 5.32 Å². The number of carboxylic acid groups (broad SMARTS) is 1. The van der Waals surface area contributed by atoms with Gasteiger partial charge in [-0.05, 0) is 38.3 Å². The molecule has 2 heterocycles. The number of carbonyl (C=O) groups excluding carboxylic acids is 1. The third-order valence-electron chi connectivity index (χ3n) is 4.27. The molecule has 2 N–H and O–H groups in total. The molecular formula is C16H24N2O5S2. The topological polar surface area (TPSA) is 104 Å². The molecule has 1 amide bonds. The van der Waals surface area contributed by atoms with Gasteiger partial charge in [0, 0.05) is 18.0 Å². The Balaban J connectivity index is 2.05. The van der Waals surface area contributed by atoms with Gasteiger partial charge < -0.3 is 10.4 Å². The number of rotatable bonds is 8. The quantitative estimate of drug-likeness (QED) is 0.707. The summed E-state index contributed by atoms with van der Waals surface area (Å²) in [6.45, 7) is 4.39. The lowest BCUT2D eigenvalue weighted by atomic mass is 9.96. The predicted octanol–water partition coefficient (Wildman–Crippen LogP) is 1.83. The van der Waals surface area contributed by atoms with E-state index in [0.717, 1.165) is 24.2 Å². The van der Waals surface area contributed by atoms with Gasteiger partial charge in [0.1, 0.15) is 9.75 Å². The fraction of sp³-hybridized carbons (Fsp3) is 0.625. The Hall–Kier alpha value is -1.45. The van der Waals surface area contributed by atoms with Crippen molar-refractivity contribution in [2.24, 2.45) is 0 Å². The number of hydrogen-bond acceptors (Lipinski definition) is 5. The zero-order valence-corrected chi connectivity index (χ0v) is 16.1. The minimum atomic E-state index is -3.48. The second-order valence-electron chi connectivity index (χ2n) is 6.44. The second-order valence-corrected chi connectivity index (χ2v) is 9.78. The van der Waals surface area contributed by atoms with Gasteiger partial charge in [-0.2, -0.15) is 4.31 Å². The third kappa shape index (κ3) is 4.59. The van der Waals surface area contributed by atoms with Crippen LogP contribution in [0.4, 0.5) is 0 Å². The van der Waals surface area contributed by atoms with Gasteiger partial charge in [-0.3, -0.25) is 4.79 Å². The highest BCUT2D eigenvalue weighted by Gasteiger charge is 2.34. The molecule has 1 aliphatic heterocycles. The Morgan fingerprint density at radius 3 is 2.52 bits per heavy atom. The van der Waals surface area contributed by atoms with Gasteiger partial charge in [0.15, 0.2) is 0 Å². The zero-order valence-electron chi connectivity index (χ0n) is 14.4. The van der Waals surface area contributed by atoms with Crippen LogP contribution in [0.5, 0.6) is 0 Å². The first-order chi connectivity index (χ1) is 11.7. The minimum absolute atomic E-state index is 0.0349. The number of aliphatic carboxylic acids is 1. The average molecular weight is 389 g/mol. The standard InChI is InChI=1S/C16H24N2O5S2/c1-3-8-16(2,15(20)21)17-13(19)11-12-6-7-14(24-12)25(22,23)18-9-4-5-10-18/h6-7H,3-5,8-11H2,1-2H3,(H,17,19)(H,20,21). The van der Waals surface area contributed by atoms with Crippen molar-refractivity contribution < 1.29 is 23.1 Å². The highest BCUT2D eigenvalue weighted by Crippen LogP contribution is 2.27. The van der Waals surface area contributed by atoms with Crippen LogP contribution < -0.4 is 5.32 Å². The highest BCUT2D eigenvalue weighted by atomic mass is 32.2. The van der Waals surface area contributed by atoms with Crippen LogP contribution >= 0.6 is 11.3 Å². The summed E-state index contributed by atoms with van der Waals surface area (Å²) < 4.78 is 26.7. The van der Waals surface area contributed by atoms with E-state index in [-0.39, 0.29) is 10.6 Å². The molecule has 1 aromatic rings. The van der Waals surface area contributed by atoms with Gasteiger partial charge in [0.25, 0.3) is 10.0 Å². The summed E-state index contributed by atoms with van der Waals surface area (Å²) in [4.78, 5) is 24.2. The van der Waals surface area contributed by atoms with Crippen LogP contribution in [0.1, 0.15) is 44.4 Å². The maximum absolute atomic E-state index is 12.5. The summed E-state index contributed by atoms with van der Waals surface area (Å²) in [5, 5.41) is 11.9. The van der Waals surface area contributed by atoms with E-state index in [1.54, 1.807) is 6.07 Å². The molecule has 0 spiro atoms. The molecule has 140 valence electrons. The monoisotopic (exact) mass is 388 g/mol. The molecule has 0 saturated carbocycles. The van der Waals surface area contributed by atoms with E-state index in [0.29, 0.717) is 30.8 Å². The lowest BCUT2D eigenvalue weighted by Gasteiger charge is -2.25. The number of sulfonamides is 1. The van der Waals surface area contributed by atoms with Crippen molar-refractivity contribution >= 4 is 33.2 Å². The fourth-order valence-corrected chi connectivity index (χ4v) is 5.91. The normalized spacial score (nSPS) is 18.0. The van der Waals surface area contributed by atoms with Gasteiger partial charge in [-0.25, -0.2) is 13.2 Å². The Bertz CT molecular complexity index is 737. The molecule has 0 radical (unpaired) electrons. The van der Waals surface area contributed by atoms with Gasteiger partial charge in [-0.1, -0.05) is 13.3 Å². The van der Waals surface area contributed by atoms with E-state index in [4.69, 9.17) is 0 Å². The number of nitrogens with one attached hydrogen (secondary N) is 1. The van der Waals surface area contributed by atoms with Crippen LogP contribution in [0.15, 0.2) is 16.3 Å². The number of nitrogens with zero attached hydrogens (tertiary/aromatic N) is 1. The van der Waals surface area contributed by atoms with Crippen molar-refractivity contribution in [3.8, 4) is 0 Å². The zero-order chi connectivity index (χ0) is 18.7. The molecule has 9 heteroatoms. The molecule has 1 fully saturated rings. The van der Waals surface area contributed by atoms with Gasteiger partial charge >= 0.3 is 5.97 Å². The van der Waals surface area contributed by atoms with Crippen molar-refractivity contribution in [2.45, 2.75) is 55.7 Å². The number of carbonyl (C=O) groups is 2. The number of amides is 1. The molecule has 25 heavy (non-hydrogen) atoms. The second kappa shape index (κ2) is 7.84. The summed E-state index contributed by atoms with van der Waals surface area (Å²) in [5.74, 6) is -1.50. The first kappa shape index (κ1) is 19.9. The SMILES string of the molecule is CCCC(C)(NC(=O)Cc1ccc(S(=O)(=O)N2CCCC2)s1)C(=O)O. The maximum atomic E-state index is 12.5. The van der Waals surface area contributed by atoms with E-state index in [1.807, 2.05) is 6.92 Å². The Morgan fingerprint density at radius 2 is 1.96 bits per heavy atom. The molecule has 1 aliphatic rings. The molecule has 0 bridgehead atoms. The molecule has 0 aliphatic carbocycles. The van der Waals surface area contributed by atoms with E-state index in [1.165, 1.54) is 17.3 Å². The van der Waals surface area contributed by atoms with Crippen LogP contribution in [0.25, 0.3) is 0 Å². The summed E-state index contributed by atoms with van der Waals surface area (Å²) in [5.41, 5.74) is -1.31. The smallest absolute Gasteiger partial charge is 0.329 e. The maximum Gasteiger partial charge on any atom is 0.329 e. The van der Waals surface area contributed by atoms with E-state index in [9.17, 15) is 23.1 Å². The van der Waals surface area contributed by atoms with Crippen LogP contribution in [-0.2, 0) is 26.0 Å². The molecule has 1 saturated heterocycles. The predicted molar refractivity (Wildman–Crippen MR) is 95.1 cm³/mol. The lowest BCUT2D eigenvalue weighted by Crippen LogP contribution is -2.52. The van der Waals surface area contributed by atoms with Gasteiger partial charge in [0.2, 0.25) is 5.91 Å². The Morgan fingerprint density at radius 1 is 1.32 bits per heavy atom. The number of thiophene rings is 1. The summed E-state index contributed by atoms with van der Waals surface area (Å²) in [6.07, 6.45) is 2.65. The first-order valence-corrected chi connectivity index (χ1v) is 10.6. The Kier molecular flexibility index (Phi) is 6.23. The number of carboxylic acids is 1. The van der Waals surface area contributed by atoms with Gasteiger partial charge in [-0.15, -0.1) is 11.3 Å². The van der Waals surface area contributed by atoms with E-state index < -0.39 is 27.4 Å². The summed E-state index contributed by atoms with van der Waals surface area (Å²) in [6, 6.07) is 3.13. The van der Waals surface area contributed by atoms with Crippen LogP contribution in [0, 0.1) is 0 Å². The summed E-state index contributed by atoms with van der Waals surface area (Å²) >= 11 is 1.06. The fourth-order valence-electron chi connectivity index (χ4n) is 2.88. The highest BCUT2D eigenvalue weighted by molar-refractivity contribution is 7.91. The molecule has 7 nitrogen and oxygen atoms in total. The van der Waals surface area contributed by atoms with Crippen molar-refractivity contribution in [1.29, 1.82) is 0 Å². The van der Waals surface area contributed by atoms with Gasteiger partial charge in [0.05, 0.1) is 6.42 Å². The van der Waals surface area contributed by atoms with Crippen molar-refractivity contribution in [3.63, 3.8) is 0 Å². The summed E-state index contributed by atoms with van der Waals surface area (Å²) in [7, 11) is -3.48. The largest absolute Gasteiger partial charge is 0.480 e. The van der Waals surface area contributed by atoms with Crippen molar-refractivity contribution in [2.75, 3.05) is 13.1 Å². The molecule has 2 rings (SSSR count). The molecule has 1 aromatic heterocycles. The third-order valence-corrected chi connectivity index (χ3v) is 7.72. The number of hydrogen-bond donors (Lipinski definition) is 2. The minimum Gasteiger partial charge on any atom is -0.480 e. The van der Waals surface area contributed by atoms with Crippen molar-refractivity contribution in [1.82, 2.24) is 9.62 Å². The van der Waals surface area contributed by atoms with Crippen LogP contribution in [0.3, 0.4) is 0 Å². The molecule has 1 unspecified atom stereocenters. The molecule has 0 aromatic carbocycles. The van der Waals surface area contributed by atoms with Crippen LogP contribution in [0.2, 0.25) is 0 Å². The molecule has 1 atom stereocenters. The van der Waals surface area contributed by atoms with Crippen molar-refractivity contribution in [3.05, 3.63) is 17.0 Å². The van der Waals surface area contributed by atoms with Crippen LogP contribution in [-0.4, -0.2) is 48.3 Å². The Labute approximate surface area is 152 Å². The lowest BCUT2D eigenvalue weighted by molar-refractivity contribution is -0.147. The average Bonchev–Trinajstić information content (AvgIpc) is 3.18. The first-order valence-electron chi connectivity index (χ1n) is 8.32. The molecular weight excluding hydrogens is 364 g/mol.